The Morgan fingerprint density at radius 1 is 1.00 bits per heavy atom. The van der Waals surface area contributed by atoms with E-state index < -0.39 is 0 Å². The molecule has 1 N–H and O–H groups in total. The second-order valence-electron chi connectivity index (χ2n) is 4.95. The van der Waals surface area contributed by atoms with Gasteiger partial charge < -0.3 is 10.1 Å². The van der Waals surface area contributed by atoms with Gasteiger partial charge in [-0.3, -0.25) is 9.78 Å². The Balaban J connectivity index is 1.50. The molecule has 0 aliphatic heterocycles. The van der Waals surface area contributed by atoms with Gasteiger partial charge in [-0.2, -0.15) is 0 Å². The summed E-state index contributed by atoms with van der Waals surface area (Å²) in [7, 11) is 0. The average Bonchev–Trinajstić information content (AvgIpc) is 2.67. The zero-order valence-corrected chi connectivity index (χ0v) is 12.9. The number of nitrogens with zero attached hydrogens (tertiary/aromatic N) is 3. The molecule has 0 aliphatic rings. The summed E-state index contributed by atoms with van der Waals surface area (Å²) in [5.74, 6) is 1.08. The van der Waals surface area contributed by atoms with E-state index >= 15 is 0 Å². The molecule has 3 aromatic rings. The SMILES string of the molecule is O=C(NCCOc1ccccc1)c1cnc(-c2cccnc2)nc1. The Morgan fingerprint density at radius 2 is 1.79 bits per heavy atom. The molecule has 0 atom stereocenters. The molecule has 0 bridgehead atoms. The Bertz CT molecular complexity index is 777. The van der Waals surface area contributed by atoms with Crippen LogP contribution in [0.4, 0.5) is 0 Å². The Hall–Kier alpha value is -3.28. The fourth-order valence-corrected chi connectivity index (χ4v) is 2.04. The number of benzene rings is 1. The van der Waals surface area contributed by atoms with E-state index in [9.17, 15) is 4.79 Å². The van der Waals surface area contributed by atoms with Gasteiger partial charge in [-0.05, 0) is 24.3 Å². The fourth-order valence-electron chi connectivity index (χ4n) is 2.04. The van der Waals surface area contributed by atoms with Crippen LogP contribution >= 0.6 is 0 Å². The van der Waals surface area contributed by atoms with E-state index in [2.05, 4.69) is 20.3 Å². The number of rotatable bonds is 6. The minimum atomic E-state index is -0.232. The van der Waals surface area contributed by atoms with Gasteiger partial charge in [-0.15, -0.1) is 0 Å². The van der Waals surface area contributed by atoms with Crippen LogP contribution in [0.5, 0.6) is 5.75 Å². The predicted molar refractivity (Wildman–Crippen MR) is 89.5 cm³/mol. The highest BCUT2D eigenvalue weighted by Crippen LogP contribution is 2.12. The zero-order valence-electron chi connectivity index (χ0n) is 12.9. The van der Waals surface area contributed by atoms with Gasteiger partial charge in [0.2, 0.25) is 0 Å². The van der Waals surface area contributed by atoms with E-state index in [-0.39, 0.29) is 5.91 Å². The van der Waals surface area contributed by atoms with Gasteiger partial charge in [0.1, 0.15) is 12.4 Å². The molecule has 6 nitrogen and oxygen atoms in total. The molecule has 1 amide bonds. The number of hydrogen-bond donors (Lipinski definition) is 1. The lowest BCUT2D eigenvalue weighted by Crippen LogP contribution is -2.28. The smallest absolute Gasteiger partial charge is 0.254 e. The molecule has 24 heavy (non-hydrogen) atoms. The summed E-state index contributed by atoms with van der Waals surface area (Å²) in [6, 6.07) is 13.1. The van der Waals surface area contributed by atoms with Gasteiger partial charge >= 0.3 is 0 Å². The Kier molecular flexibility index (Phi) is 5.09. The first-order valence-corrected chi connectivity index (χ1v) is 7.51. The van der Waals surface area contributed by atoms with Crippen LogP contribution in [0.1, 0.15) is 10.4 Å². The van der Waals surface area contributed by atoms with Gasteiger partial charge in [-0.1, -0.05) is 18.2 Å². The highest BCUT2D eigenvalue weighted by Gasteiger charge is 2.07. The third-order valence-electron chi connectivity index (χ3n) is 3.23. The van der Waals surface area contributed by atoms with Gasteiger partial charge in [0, 0.05) is 30.4 Å². The third kappa shape index (κ3) is 4.13. The lowest BCUT2D eigenvalue weighted by atomic mass is 10.2. The number of para-hydroxylation sites is 1. The molecule has 1 aromatic carbocycles. The maximum Gasteiger partial charge on any atom is 0.254 e. The van der Waals surface area contributed by atoms with Crippen molar-refractivity contribution in [2.75, 3.05) is 13.2 Å². The standard InChI is InChI=1S/C18H16N4O2/c23-18(20-9-10-24-16-6-2-1-3-7-16)15-12-21-17(22-13-15)14-5-4-8-19-11-14/h1-8,11-13H,9-10H2,(H,20,23). The van der Waals surface area contributed by atoms with Gasteiger partial charge in [0.05, 0.1) is 12.1 Å². The monoisotopic (exact) mass is 320 g/mol. The van der Waals surface area contributed by atoms with Crippen molar-refractivity contribution >= 4 is 5.91 Å². The van der Waals surface area contributed by atoms with Gasteiger partial charge in [-0.25, -0.2) is 9.97 Å². The summed E-state index contributed by atoms with van der Waals surface area (Å²) >= 11 is 0. The van der Waals surface area contributed by atoms with Gasteiger partial charge in [0.15, 0.2) is 5.82 Å². The van der Waals surface area contributed by atoms with E-state index in [4.69, 9.17) is 4.74 Å². The number of carbonyl (C=O) groups is 1. The molecule has 3 rings (SSSR count). The molecule has 0 aliphatic carbocycles. The molecular formula is C18H16N4O2. The summed E-state index contributed by atoms with van der Waals surface area (Å²) in [4.78, 5) is 24.5. The number of nitrogens with one attached hydrogen (secondary N) is 1. The average molecular weight is 320 g/mol. The first kappa shape index (κ1) is 15.6. The van der Waals surface area contributed by atoms with Crippen LogP contribution in [0.3, 0.4) is 0 Å². The van der Waals surface area contributed by atoms with Gasteiger partial charge in [0.25, 0.3) is 5.91 Å². The molecule has 0 spiro atoms. The number of ether oxygens (including phenoxy) is 1. The Morgan fingerprint density at radius 3 is 2.50 bits per heavy atom. The normalized spacial score (nSPS) is 10.2. The topological polar surface area (TPSA) is 77.0 Å². The van der Waals surface area contributed by atoms with E-state index in [1.807, 2.05) is 42.5 Å². The van der Waals surface area contributed by atoms with Crippen LogP contribution in [0, 0.1) is 0 Å². The number of amides is 1. The van der Waals surface area contributed by atoms with Crippen LogP contribution in [0.2, 0.25) is 0 Å². The molecular weight excluding hydrogens is 304 g/mol. The van der Waals surface area contributed by atoms with Crippen molar-refractivity contribution in [3.05, 3.63) is 72.8 Å². The highest BCUT2D eigenvalue weighted by molar-refractivity contribution is 5.93. The second kappa shape index (κ2) is 7.82. The maximum absolute atomic E-state index is 12.0. The largest absolute Gasteiger partial charge is 0.492 e. The second-order valence-corrected chi connectivity index (χ2v) is 4.95. The summed E-state index contributed by atoms with van der Waals surface area (Å²) < 4.78 is 5.52. The van der Waals surface area contributed by atoms with Crippen molar-refractivity contribution in [1.82, 2.24) is 20.3 Å². The van der Waals surface area contributed by atoms with Crippen molar-refractivity contribution in [3.8, 4) is 17.1 Å². The first-order valence-electron chi connectivity index (χ1n) is 7.51. The number of aromatic nitrogens is 3. The molecule has 2 heterocycles. The van der Waals surface area contributed by atoms with Crippen LogP contribution in [0.15, 0.2) is 67.3 Å². The summed E-state index contributed by atoms with van der Waals surface area (Å²) in [5.41, 5.74) is 1.21. The van der Waals surface area contributed by atoms with Crippen molar-refractivity contribution in [1.29, 1.82) is 0 Å². The van der Waals surface area contributed by atoms with E-state index in [1.54, 1.807) is 12.4 Å². The molecule has 0 unspecified atom stereocenters. The van der Waals surface area contributed by atoms with Crippen LogP contribution in [-0.2, 0) is 0 Å². The van der Waals surface area contributed by atoms with E-state index in [0.717, 1.165) is 11.3 Å². The minimum absolute atomic E-state index is 0.232. The Labute approximate surface area is 139 Å². The number of pyridine rings is 1. The van der Waals surface area contributed by atoms with E-state index in [0.29, 0.717) is 24.5 Å². The predicted octanol–water partition coefficient (Wildman–Crippen LogP) is 2.35. The maximum atomic E-state index is 12.0. The lowest BCUT2D eigenvalue weighted by Gasteiger charge is -2.07. The third-order valence-corrected chi connectivity index (χ3v) is 3.23. The first-order chi connectivity index (χ1) is 11.8. The molecule has 0 saturated carbocycles. The molecule has 120 valence electrons. The minimum Gasteiger partial charge on any atom is -0.492 e. The molecule has 0 radical (unpaired) electrons. The highest BCUT2D eigenvalue weighted by atomic mass is 16.5. The summed E-state index contributed by atoms with van der Waals surface area (Å²) in [5, 5.41) is 2.77. The van der Waals surface area contributed by atoms with E-state index in [1.165, 1.54) is 12.4 Å². The lowest BCUT2D eigenvalue weighted by molar-refractivity contribution is 0.0946. The number of hydrogen-bond acceptors (Lipinski definition) is 5. The van der Waals surface area contributed by atoms with Crippen LogP contribution in [0.25, 0.3) is 11.4 Å². The zero-order chi connectivity index (χ0) is 16.6. The van der Waals surface area contributed by atoms with Crippen molar-refractivity contribution < 1.29 is 9.53 Å². The molecule has 0 fully saturated rings. The fraction of sp³-hybridized carbons (Fsp3) is 0.111. The quantitative estimate of drug-likeness (QED) is 0.706. The van der Waals surface area contributed by atoms with Crippen molar-refractivity contribution in [2.24, 2.45) is 0 Å². The van der Waals surface area contributed by atoms with Crippen molar-refractivity contribution in [2.45, 2.75) is 0 Å². The van der Waals surface area contributed by atoms with Crippen molar-refractivity contribution in [3.63, 3.8) is 0 Å². The molecule has 0 saturated heterocycles. The summed E-state index contributed by atoms with van der Waals surface area (Å²) in [6.45, 7) is 0.794. The number of carbonyl (C=O) groups excluding carboxylic acids is 1. The molecule has 6 heteroatoms. The molecule has 2 aromatic heterocycles. The van der Waals surface area contributed by atoms with Crippen LogP contribution < -0.4 is 10.1 Å². The summed E-state index contributed by atoms with van der Waals surface area (Å²) in [6.07, 6.45) is 6.37. The van der Waals surface area contributed by atoms with Crippen LogP contribution in [-0.4, -0.2) is 34.0 Å².